The summed E-state index contributed by atoms with van der Waals surface area (Å²) in [5, 5.41) is 6.90. The lowest BCUT2D eigenvalue weighted by Crippen LogP contribution is -2.35. The second kappa shape index (κ2) is 7.67. The van der Waals surface area contributed by atoms with Crippen LogP contribution in [0.5, 0.6) is 5.75 Å². The third kappa shape index (κ3) is 4.48. The van der Waals surface area contributed by atoms with E-state index in [2.05, 4.69) is 17.4 Å². The van der Waals surface area contributed by atoms with Crippen LogP contribution in [0.25, 0.3) is 0 Å². The van der Waals surface area contributed by atoms with Crippen LogP contribution >= 0.6 is 0 Å². The number of benzene rings is 1. The number of ether oxygens (including phenoxy) is 1. The van der Waals surface area contributed by atoms with Gasteiger partial charge in [0.05, 0.1) is 12.8 Å². The Hall–Kier alpha value is -2.04. The highest BCUT2D eigenvalue weighted by atomic mass is 16.6. The molecule has 0 saturated heterocycles. The van der Waals surface area contributed by atoms with Gasteiger partial charge in [-0.25, -0.2) is 0 Å². The van der Waals surface area contributed by atoms with Crippen molar-refractivity contribution < 1.29 is 14.4 Å². The molecule has 2 rings (SSSR count). The Balaban J connectivity index is 1.83. The van der Waals surface area contributed by atoms with Crippen LogP contribution in [0.2, 0.25) is 0 Å². The van der Waals surface area contributed by atoms with Crippen molar-refractivity contribution in [3.8, 4) is 5.75 Å². The number of carbonyl (C=O) groups excluding carboxylic acids is 1. The normalized spacial score (nSPS) is 17.0. The van der Waals surface area contributed by atoms with Crippen molar-refractivity contribution in [2.45, 2.75) is 38.7 Å². The van der Waals surface area contributed by atoms with Gasteiger partial charge >= 0.3 is 0 Å². The molecule has 5 heteroatoms. The van der Waals surface area contributed by atoms with E-state index in [1.54, 1.807) is 7.11 Å². The summed E-state index contributed by atoms with van der Waals surface area (Å²) in [7, 11) is 1.64. The first kappa shape index (κ1) is 15.4. The highest BCUT2D eigenvalue weighted by molar-refractivity contribution is 5.93. The highest BCUT2D eigenvalue weighted by Crippen LogP contribution is 2.18. The van der Waals surface area contributed by atoms with Gasteiger partial charge in [0.1, 0.15) is 5.75 Å². The second-order valence-electron chi connectivity index (χ2n) is 5.13. The molecule has 21 heavy (non-hydrogen) atoms. The lowest BCUT2D eigenvalue weighted by Gasteiger charge is -2.08. The fourth-order valence-corrected chi connectivity index (χ4v) is 2.19. The molecule has 1 heterocycles. The fourth-order valence-electron chi connectivity index (χ4n) is 2.19. The zero-order chi connectivity index (χ0) is 15.1. The lowest BCUT2D eigenvalue weighted by atomic mass is 10.0. The SMILES string of the molecule is CCCCNC(=O)C1CC(Cc2cccc(OC)c2)=NO1. The third-order valence-corrected chi connectivity index (χ3v) is 3.39. The number of carbonyl (C=O) groups is 1. The summed E-state index contributed by atoms with van der Waals surface area (Å²) in [5.41, 5.74) is 1.99. The quantitative estimate of drug-likeness (QED) is 0.784. The minimum Gasteiger partial charge on any atom is -0.497 e. The Morgan fingerprint density at radius 2 is 2.38 bits per heavy atom. The van der Waals surface area contributed by atoms with E-state index in [9.17, 15) is 4.79 Å². The van der Waals surface area contributed by atoms with Crippen molar-refractivity contribution in [1.29, 1.82) is 0 Å². The van der Waals surface area contributed by atoms with Crippen molar-refractivity contribution >= 4 is 11.6 Å². The van der Waals surface area contributed by atoms with Gasteiger partial charge in [-0.15, -0.1) is 0 Å². The van der Waals surface area contributed by atoms with Crippen LogP contribution < -0.4 is 10.1 Å². The van der Waals surface area contributed by atoms with E-state index < -0.39 is 6.10 Å². The first-order chi connectivity index (χ1) is 10.2. The van der Waals surface area contributed by atoms with Gasteiger partial charge in [0.2, 0.25) is 6.10 Å². The molecule has 1 N–H and O–H groups in total. The van der Waals surface area contributed by atoms with Crippen LogP contribution in [-0.2, 0) is 16.1 Å². The number of nitrogens with zero attached hydrogens (tertiary/aromatic N) is 1. The first-order valence-corrected chi connectivity index (χ1v) is 7.35. The maximum absolute atomic E-state index is 11.9. The summed E-state index contributed by atoms with van der Waals surface area (Å²) in [6.45, 7) is 2.79. The summed E-state index contributed by atoms with van der Waals surface area (Å²) in [6, 6.07) is 7.83. The molecule has 1 aliphatic heterocycles. The summed E-state index contributed by atoms with van der Waals surface area (Å²) >= 11 is 0. The van der Waals surface area contributed by atoms with Crippen LogP contribution in [0.3, 0.4) is 0 Å². The van der Waals surface area contributed by atoms with Crippen molar-refractivity contribution in [3.63, 3.8) is 0 Å². The molecule has 0 fully saturated rings. The smallest absolute Gasteiger partial charge is 0.264 e. The average Bonchev–Trinajstić information content (AvgIpc) is 2.96. The van der Waals surface area contributed by atoms with E-state index in [0.29, 0.717) is 19.4 Å². The molecule has 1 atom stereocenters. The Morgan fingerprint density at radius 1 is 1.52 bits per heavy atom. The van der Waals surface area contributed by atoms with E-state index in [1.165, 1.54) is 0 Å². The Morgan fingerprint density at radius 3 is 3.14 bits per heavy atom. The van der Waals surface area contributed by atoms with E-state index >= 15 is 0 Å². The third-order valence-electron chi connectivity index (χ3n) is 3.39. The van der Waals surface area contributed by atoms with Gasteiger partial charge in [-0.3, -0.25) is 4.79 Å². The minimum absolute atomic E-state index is 0.0761. The standard InChI is InChI=1S/C16H22N2O3/c1-3-4-8-17-16(19)15-11-13(18-21-15)9-12-6-5-7-14(10-12)20-2/h5-7,10,15H,3-4,8-9,11H2,1-2H3,(H,17,19). The van der Waals surface area contributed by atoms with Crippen molar-refractivity contribution in [2.24, 2.45) is 5.16 Å². The lowest BCUT2D eigenvalue weighted by molar-refractivity contribution is -0.131. The summed E-state index contributed by atoms with van der Waals surface area (Å²) in [6.07, 6.45) is 2.78. The number of nitrogens with one attached hydrogen (secondary N) is 1. The molecular weight excluding hydrogens is 268 g/mol. The molecule has 0 bridgehead atoms. The molecule has 0 spiro atoms. The van der Waals surface area contributed by atoms with Gasteiger partial charge in [-0.2, -0.15) is 0 Å². The van der Waals surface area contributed by atoms with Crippen molar-refractivity contribution in [3.05, 3.63) is 29.8 Å². The fraction of sp³-hybridized carbons (Fsp3) is 0.500. The summed E-state index contributed by atoms with van der Waals surface area (Å²) in [5.74, 6) is 0.744. The molecule has 0 radical (unpaired) electrons. The average molecular weight is 290 g/mol. The monoisotopic (exact) mass is 290 g/mol. The molecule has 1 amide bonds. The Bertz CT molecular complexity index is 514. The van der Waals surface area contributed by atoms with Crippen LogP contribution in [-0.4, -0.2) is 31.4 Å². The summed E-state index contributed by atoms with van der Waals surface area (Å²) in [4.78, 5) is 17.1. The molecule has 0 aliphatic carbocycles. The van der Waals surface area contributed by atoms with E-state index in [0.717, 1.165) is 29.9 Å². The van der Waals surface area contributed by atoms with Crippen LogP contribution in [0.15, 0.2) is 29.4 Å². The molecule has 1 aliphatic rings. The Labute approximate surface area is 125 Å². The maximum Gasteiger partial charge on any atom is 0.264 e. The zero-order valence-electron chi connectivity index (χ0n) is 12.6. The van der Waals surface area contributed by atoms with Crippen LogP contribution in [0.4, 0.5) is 0 Å². The number of hydrogen-bond donors (Lipinski definition) is 1. The maximum atomic E-state index is 11.9. The van der Waals surface area contributed by atoms with E-state index in [4.69, 9.17) is 9.57 Å². The van der Waals surface area contributed by atoms with Crippen molar-refractivity contribution in [2.75, 3.05) is 13.7 Å². The summed E-state index contributed by atoms with van der Waals surface area (Å²) < 4.78 is 5.20. The molecular formula is C16H22N2O3. The predicted octanol–water partition coefficient (Wildman–Crippen LogP) is 2.30. The van der Waals surface area contributed by atoms with Crippen LogP contribution in [0, 0.1) is 0 Å². The first-order valence-electron chi connectivity index (χ1n) is 7.35. The van der Waals surface area contributed by atoms with Gasteiger partial charge in [0.15, 0.2) is 0 Å². The number of amides is 1. The van der Waals surface area contributed by atoms with Gasteiger partial charge < -0.3 is 14.9 Å². The largest absolute Gasteiger partial charge is 0.497 e. The van der Waals surface area contributed by atoms with Gasteiger partial charge in [-0.1, -0.05) is 30.6 Å². The highest BCUT2D eigenvalue weighted by Gasteiger charge is 2.27. The van der Waals surface area contributed by atoms with Crippen LogP contribution in [0.1, 0.15) is 31.7 Å². The number of rotatable bonds is 7. The Kier molecular flexibility index (Phi) is 5.60. The number of hydrogen-bond acceptors (Lipinski definition) is 4. The zero-order valence-corrected chi connectivity index (χ0v) is 12.6. The predicted molar refractivity (Wildman–Crippen MR) is 81.5 cm³/mol. The number of unbranched alkanes of at least 4 members (excludes halogenated alkanes) is 1. The number of methoxy groups -OCH3 is 1. The molecule has 0 saturated carbocycles. The molecule has 1 unspecified atom stereocenters. The molecule has 114 valence electrons. The minimum atomic E-state index is -0.484. The van der Waals surface area contributed by atoms with E-state index in [1.807, 2.05) is 24.3 Å². The topological polar surface area (TPSA) is 59.9 Å². The molecule has 1 aromatic carbocycles. The second-order valence-corrected chi connectivity index (χ2v) is 5.13. The molecule has 5 nitrogen and oxygen atoms in total. The van der Waals surface area contributed by atoms with Crippen molar-refractivity contribution in [1.82, 2.24) is 5.32 Å². The number of oxime groups is 1. The molecule has 0 aromatic heterocycles. The van der Waals surface area contributed by atoms with Gasteiger partial charge in [0, 0.05) is 19.4 Å². The van der Waals surface area contributed by atoms with E-state index in [-0.39, 0.29) is 5.91 Å². The molecule has 1 aromatic rings. The van der Waals surface area contributed by atoms with Gasteiger partial charge in [0.25, 0.3) is 5.91 Å². The van der Waals surface area contributed by atoms with Gasteiger partial charge in [-0.05, 0) is 24.1 Å².